The fourth-order valence-corrected chi connectivity index (χ4v) is 0. The van der Waals surface area contributed by atoms with E-state index in [1.165, 1.54) is 0 Å². The van der Waals surface area contributed by atoms with Gasteiger partial charge in [-0.1, -0.05) is 7.43 Å². The van der Waals surface area contributed by atoms with Gasteiger partial charge in [-0.05, 0) is 0 Å². The van der Waals surface area contributed by atoms with Gasteiger partial charge in [0.15, 0.2) is 12.5 Å². The second-order valence-electron chi connectivity index (χ2n) is 0. The molecule has 0 bridgehead atoms. The fraction of sp³-hybridized carbons (Fsp3) is 1.00. The predicted molar refractivity (Wildman–Crippen MR) is 19.9 cm³/mol. The van der Waals surface area contributed by atoms with Gasteiger partial charge in [-0.3, -0.25) is 0 Å². The van der Waals surface area contributed by atoms with Crippen LogP contribution in [-0.2, 0) is 12.5 Å². The van der Waals surface area contributed by atoms with E-state index in [0.29, 0.717) is 0 Å². The Labute approximate surface area is 31.3 Å². The van der Waals surface area contributed by atoms with Crippen molar-refractivity contribution in [1.82, 2.24) is 6.15 Å². The van der Waals surface area contributed by atoms with Crippen molar-refractivity contribution in [2.75, 3.05) is 0 Å². The van der Waals surface area contributed by atoms with Crippen LogP contribution in [0.1, 0.15) is 7.43 Å². The predicted octanol–water partition coefficient (Wildman–Crippen LogP) is 0.462. The lowest BCUT2D eigenvalue weighted by molar-refractivity contribution is 0.702. The molecule has 0 rings (SSSR count). The first-order valence-corrected chi connectivity index (χ1v) is 0.500. The highest BCUT2D eigenvalue weighted by molar-refractivity contribution is 7.44. The van der Waals surface area contributed by atoms with E-state index in [0.717, 1.165) is 0 Å². The lowest BCUT2D eigenvalue weighted by Crippen LogP contribution is -0.894. The zero-order valence-electron chi connectivity index (χ0n) is 1.52. The van der Waals surface area contributed by atoms with Crippen LogP contribution in [0.3, 0.4) is 0 Å². The monoisotopic (exact) mass is 81.0 g/mol. The van der Waals surface area contributed by atoms with E-state index in [4.69, 9.17) is 4.21 Å². The molecule has 0 aromatic rings. The number of hydrogen-bond donors (Lipinski definition) is 1. The number of rotatable bonds is 0. The van der Waals surface area contributed by atoms with Gasteiger partial charge in [0.25, 0.3) is 0 Å². The topological polar surface area (TPSA) is 52.1 Å². The van der Waals surface area contributed by atoms with E-state index < -0.39 is 0 Å². The van der Waals surface area contributed by atoms with Crippen molar-refractivity contribution >= 4 is 12.5 Å². The van der Waals surface area contributed by atoms with E-state index in [1.54, 1.807) is 0 Å². The Morgan fingerprint density at radius 1 is 1.25 bits per heavy atom. The average Bonchev–Trinajstić information content (AvgIpc) is 1.00. The zero-order valence-corrected chi connectivity index (χ0v) is 2.34. The number of hydrogen-bond acceptors (Lipinski definition) is 3. The summed E-state index contributed by atoms with van der Waals surface area (Å²) in [5.74, 6) is 0. The largest absolute Gasteiger partial charge is 0.344 e. The van der Waals surface area contributed by atoms with Crippen LogP contribution in [0, 0.1) is 0 Å². The highest BCUT2D eigenvalue weighted by atomic mass is 32.1. The highest BCUT2D eigenvalue weighted by Crippen LogP contribution is 0.558. The van der Waals surface area contributed by atoms with Crippen molar-refractivity contribution in [2.45, 2.75) is 7.43 Å². The smallest absolute Gasteiger partial charge is 0.197 e. The van der Waals surface area contributed by atoms with Crippen molar-refractivity contribution in [3.05, 3.63) is 0 Å². The lowest BCUT2D eigenvalue weighted by Gasteiger charge is -0.734. The van der Waals surface area contributed by atoms with Crippen molar-refractivity contribution < 1.29 is 4.21 Å². The molecule has 0 aromatic carbocycles. The second kappa shape index (κ2) is 29200. The Hall–Kier alpha value is -0.0200. The minimum atomic E-state index is 0. The molecule has 0 radical (unpaired) electrons. The second-order valence-corrected chi connectivity index (χ2v) is 0. The molecule has 4 heavy (non-hydrogen) atoms. The minimum Gasteiger partial charge on any atom is -0.344 e. The molecule has 3 heteroatoms. The van der Waals surface area contributed by atoms with Gasteiger partial charge >= 0.3 is 0 Å². The molecule has 0 saturated heterocycles. The van der Waals surface area contributed by atoms with Crippen LogP contribution in [0.5, 0.6) is 0 Å². The molecule has 0 aliphatic heterocycles. The zero-order chi connectivity index (χ0) is 2.00. The van der Waals surface area contributed by atoms with Crippen LogP contribution in [0.2, 0.25) is 0 Å². The van der Waals surface area contributed by atoms with Crippen LogP contribution in [-0.4, -0.2) is 4.21 Å². The van der Waals surface area contributed by atoms with Crippen molar-refractivity contribution in [3.63, 3.8) is 0 Å². The summed E-state index contributed by atoms with van der Waals surface area (Å²) in [7, 11) is 0. The SMILES string of the molecule is C.N.O=S. The molecule has 0 aliphatic rings. The summed E-state index contributed by atoms with van der Waals surface area (Å²) in [6.45, 7) is 0. The van der Waals surface area contributed by atoms with Crippen LogP contribution in [0.4, 0.5) is 0 Å². The molecule has 0 unspecified atom stereocenters. The van der Waals surface area contributed by atoms with Crippen LogP contribution < -0.4 is 6.15 Å². The van der Waals surface area contributed by atoms with Gasteiger partial charge in [-0.25, -0.2) is 0 Å². The van der Waals surface area contributed by atoms with E-state index in [9.17, 15) is 0 Å². The van der Waals surface area contributed by atoms with Crippen LogP contribution in [0.25, 0.3) is 0 Å². The summed E-state index contributed by atoms with van der Waals surface area (Å²) in [4.78, 5) is 0. The van der Waals surface area contributed by atoms with E-state index in [1.807, 2.05) is 0 Å². The summed E-state index contributed by atoms with van der Waals surface area (Å²) in [6.07, 6.45) is 0. The summed E-state index contributed by atoms with van der Waals surface area (Å²) in [6, 6.07) is 0. The van der Waals surface area contributed by atoms with Gasteiger partial charge in [0.1, 0.15) is 0 Å². The first kappa shape index (κ1) is 36.8. The Morgan fingerprint density at radius 3 is 1.25 bits per heavy atom. The maximum atomic E-state index is 7.83. The standard InChI is InChI=1S/CH4.H3N.OS/c;;1-2/h1H4;1H3;. The van der Waals surface area contributed by atoms with Crippen molar-refractivity contribution in [1.29, 1.82) is 0 Å². The maximum absolute atomic E-state index is 7.83. The Bertz CT molecular complexity index is 8.00. The van der Waals surface area contributed by atoms with Gasteiger partial charge in [0.05, 0.1) is 0 Å². The summed E-state index contributed by atoms with van der Waals surface area (Å²) in [5, 5.41) is 0. The Kier molecular flexibility index (Phi) is 269000. The molecule has 0 heterocycles. The van der Waals surface area contributed by atoms with Gasteiger partial charge in [-0.15, -0.1) is 0 Å². The fourth-order valence-electron chi connectivity index (χ4n) is 0. The first-order valence-electron chi connectivity index (χ1n) is 0.167. The third-order valence-electron chi connectivity index (χ3n) is 0. The summed E-state index contributed by atoms with van der Waals surface area (Å²) in [5.41, 5.74) is 0. The van der Waals surface area contributed by atoms with Crippen LogP contribution >= 0.6 is 0 Å². The third kappa shape index (κ3) is 4750. The van der Waals surface area contributed by atoms with Crippen LogP contribution in [0.15, 0.2) is 0 Å². The summed E-state index contributed by atoms with van der Waals surface area (Å²) < 4.78 is 7.83. The molecule has 2 nitrogen and oxygen atoms in total. The minimum absolute atomic E-state index is 0. The van der Waals surface area contributed by atoms with E-state index in [-0.39, 0.29) is 13.6 Å². The first-order chi connectivity index (χ1) is 1.00. The van der Waals surface area contributed by atoms with Gasteiger partial charge in [0.2, 0.25) is 0 Å². The molecule has 0 amide bonds. The lowest BCUT2D eigenvalue weighted by atomic mass is 12.0. The molecule has 28 valence electrons. The molecular formula is CH7NOS. The molecule has 3 N–H and O–H groups in total. The van der Waals surface area contributed by atoms with Crippen molar-refractivity contribution in [3.8, 4) is 0 Å². The third-order valence-corrected chi connectivity index (χ3v) is 0. The average molecular weight is 81.1 g/mol. The molecule has 0 spiro atoms. The van der Waals surface area contributed by atoms with Gasteiger partial charge in [-0.2, -0.15) is 4.21 Å². The van der Waals surface area contributed by atoms with E-state index >= 15 is 0 Å². The molecule has 0 atom stereocenters. The molecular weight excluding hydrogens is 74.1 g/mol. The van der Waals surface area contributed by atoms with Gasteiger partial charge in [0, 0.05) is 0 Å². The van der Waals surface area contributed by atoms with E-state index in [2.05, 4.69) is 12.5 Å². The molecule has 0 fully saturated rings. The molecule has 0 saturated carbocycles. The van der Waals surface area contributed by atoms with Crippen molar-refractivity contribution in [2.24, 2.45) is 0 Å². The quantitative estimate of drug-likeness (QED) is 0.461. The van der Waals surface area contributed by atoms with Gasteiger partial charge < -0.3 is 6.15 Å². The highest BCUT2D eigenvalue weighted by Gasteiger charge is 0.734. The Balaban J connectivity index is -0.00000000500. The Morgan fingerprint density at radius 2 is 1.25 bits per heavy atom. The summed E-state index contributed by atoms with van der Waals surface area (Å²) >= 11 is 2.83. The molecule has 0 aromatic heterocycles. The maximum Gasteiger partial charge on any atom is 0.197 e. The molecule has 0 aliphatic carbocycles. The normalized spacial score (nSPS) is 1.00.